The van der Waals surface area contributed by atoms with Gasteiger partial charge in [0, 0.05) is 12.7 Å². The van der Waals surface area contributed by atoms with Gasteiger partial charge in [0.25, 0.3) is 5.91 Å². The van der Waals surface area contributed by atoms with Crippen LogP contribution in [-0.4, -0.2) is 32.3 Å². The van der Waals surface area contributed by atoms with Crippen LogP contribution in [0.2, 0.25) is 0 Å². The lowest BCUT2D eigenvalue weighted by atomic mass is 10.1. The number of hydrogen-bond donors (Lipinski definition) is 2. The van der Waals surface area contributed by atoms with Crippen molar-refractivity contribution in [3.8, 4) is 0 Å². The maximum Gasteiger partial charge on any atom is 0.254 e. The standard InChI is InChI=1S/C23H26FN5O2S/c1-13-10-14(2)20(15(3)11-13)26-19(30)12-32-23-28-27-21(29(23)5)16(4)25-22(31)17-8-6-7-9-18(17)24/h6-11,16H,12H2,1-5H3,(H,25,31)(H,26,30)/t16-/m0/s1. The molecule has 3 rings (SSSR count). The van der Waals surface area contributed by atoms with E-state index < -0.39 is 17.8 Å². The van der Waals surface area contributed by atoms with E-state index in [-0.39, 0.29) is 17.2 Å². The van der Waals surface area contributed by atoms with E-state index in [0.29, 0.717) is 11.0 Å². The molecule has 2 N–H and O–H groups in total. The van der Waals surface area contributed by atoms with Crippen molar-refractivity contribution in [3.05, 3.63) is 70.3 Å². The monoisotopic (exact) mass is 455 g/mol. The number of aromatic nitrogens is 3. The van der Waals surface area contributed by atoms with Crippen LogP contribution in [0.3, 0.4) is 0 Å². The first kappa shape index (κ1) is 23.5. The summed E-state index contributed by atoms with van der Waals surface area (Å²) in [6.07, 6.45) is 0. The van der Waals surface area contributed by atoms with Crippen molar-refractivity contribution in [3.63, 3.8) is 0 Å². The van der Waals surface area contributed by atoms with Crippen LogP contribution in [0.4, 0.5) is 10.1 Å². The van der Waals surface area contributed by atoms with E-state index in [4.69, 9.17) is 0 Å². The van der Waals surface area contributed by atoms with E-state index in [0.717, 1.165) is 22.4 Å². The van der Waals surface area contributed by atoms with Gasteiger partial charge in [0.2, 0.25) is 5.91 Å². The number of rotatable bonds is 7. The maximum absolute atomic E-state index is 13.8. The third kappa shape index (κ3) is 5.34. The highest BCUT2D eigenvalue weighted by atomic mass is 32.2. The predicted molar refractivity (Wildman–Crippen MR) is 123 cm³/mol. The second kappa shape index (κ2) is 9.95. The predicted octanol–water partition coefficient (Wildman–Crippen LogP) is 4.10. The molecule has 0 radical (unpaired) electrons. The van der Waals surface area contributed by atoms with Crippen LogP contribution in [0, 0.1) is 26.6 Å². The highest BCUT2D eigenvalue weighted by Crippen LogP contribution is 2.24. The van der Waals surface area contributed by atoms with Crippen LogP contribution in [-0.2, 0) is 11.8 Å². The summed E-state index contributed by atoms with van der Waals surface area (Å²) in [6.45, 7) is 7.70. The Balaban J connectivity index is 1.61. The second-order valence-corrected chi connectivity index (χ2v) is 8.63. The van der Waals surface area contributed by atoms with E-state index in [2.05, 4.69) is 20.8 Å². The lowest BCUT2D eigenvalue weighted by molar-refractivity contribution is -0.113. The van der Waals surface area contributed by atoms with E-state index in [1.54, 1.807) is 24.6 Å². The minimum atomic E-state index is -0.587. The molecular formula is C23H26FN5O2S. The summed E-state index contributed by atoms with van der Waals surface area (Å²) in [4.78, 5) is 24.8. The Hall–Kier alpha value is -3.20. The van der Waals surface area contributed by atoms with Gasteiger partial charge in [0.05, 0.1) is 17.4 Å². The molecule has 2 aromatic carbocycles. The molecule has 0 bridgehead atoms. The van der Waals surface area contributed by atoms with Gasteiger partial charge in [-0.1, -0.05) is 41.6 Å². The van der Waals surface area contributed by atoms with Crippen LogP contribution in [0.5, 0.6) is 0 Å². The van der Waals surface area contributed by atoms with Gasteiger partial charge in [-0.15, -0.1) is 10.2 Å². The number of thioether (sulfide) groups is 1. The minimum absolute atomic E-state index is 0.0329. The first-order valence-corrected chi connectivity index (χ1v) is 11.1. The summed E-state index contributed by atoms with van der Waals surface area (Å²) in [7, 11) is 1.76. The molecule has 9 heteroatoms. The van der Waals surface area contributed by atoms with Gasteiger partial charge >= 0.3 is 0 Å². The molecule has 0 aliphatic rings. The van der Waals surface area contributed by atoms with Gasteiger partial charge in [-0.2, -0.15) is 0 Å². The fourth-order valence-electron chi connectivity index (χ4n) is 3.50. The Bertz CT molecular complexity index is 1140. The summed E-state index contributed by atoms with van der Waals surface area (Å²) >= 11 is 1.25. The van der Waals surface area contributed by atoms with Crippen molar-refractivity contribution in [2.24, 2.45) is 7.05 Å². The van der Waals surface area contributed by atoms with E-state index in [9.17, 15) is 14.0 Å². The van der Waals surface area contributed by atoms with Gasteiger partial charge in [-0.3, -0.25) is 9.59 Å². The number of benzene rings is 2. The van der Waals surface area contributed by atoms with Gasteiger partial charge in [-0.25, -0.2) is 4.39 Å². The Kier molecular flexibility index (Phi) is 7.29. The molecule has 1 atom stereocenters. The van der Waals surface area contributed by atoms with Crippen molar-refractivity contribution in [1.29, 1.82) is 0 Å². The Morgan fingerprint density at radius 1 is 1.12 bits per heavy atom. The normalized spacial score (nSPS) is 11.8. The number of aryl methyl sites for hydroxylation is 3. The fourth-order valence-corrected chi connectivity index (χ4v) is 4.21. The minimum Gasteiger partial charge on any atom is -0.342 e. The molecule has 3 aromatic rings. The molecule has 0 unspecified atom stereocenters. The quantitative estimate of drug-likeness (QED) is 0.524. The molecule has 0 aliphatic carbocycles. The molecule has 0 aliphatic heterocycles. The number of hydrogen-bond acceptors (Lipinski definition) is 5. The summed E-state index contributed by atoms with van der Waals surface area (Å²) in [5.74, 6) is -0.597. The number of carbonyl (C=O) groups is 2. The van der Waals surface area contributed by atoms with Crippen molar-refractivity contribution in [1.82, 2.24) is 20.1 Å². The van der Waals surface area contributed by atoms with Crippen molar-refractivity contribution < 1.29 is 14.0 Å². The van der Waals surface area contributed by atoms with Gasteiger partial charge < -0.3 is 15.2 Å². The fraction of sp³-hybridized carbons (Fsp3) is 0.304. The molecule has 7 nitrogen and oxygen atoms in total. The van der Waals surface area contributed by atoms with Crippen LogP contribution < -0.4 is 10.6 Å². The topological polar surface area (TPSA) is 88.9 Å². The highest BCUT2D eigenvalue weighted by molar-refractivity contribution is 7.99. The number of amides is 2. The van der Waals surface area contributed by atoms with Crippen LogP contribution >= 0.6 is 11.8 Å². The van der Waals surface area contributed by atoms with Crippen LogP contribution in [0.15, 0.2) is 41.6 Å². The molecule has 2 amide bonds. The number of nitrogens with one attached hydrogen (secondary N) is 2. The summed E-state index contributed by atoms with van der Waals surface area (Å²) in [6, 6.07) is 9.35. The average Bonchev–Trinajstić information content (AvgIpc) is 3.09. The smallest absolute Gasteiger partial charge is 0.254 e. The largest absolute Gasteiger partial charge is 0.342 e. The Morgan fingerprint density at radius 2 is 1.78 bits per heavy atom. The van der Waals surface area contributed by atoms with Gasteiger partial charge in [0.1, 0.15) is 5.82 Å². The third-order valence-corrected chi connectivity index (χ3v) is 6.02. The molecule has 1 heterocycles. The molecule has 0 fully saturated rings. The molecular weight excluding hydrogens is 429 g/mol. The SMILES string of the molecule is Cc1cc(C)c(NC(=O)CSc2nnc([C@H](C)NC(=O)c3ccccc3F)n2C)c(C)c1. The summed E-state index contributed by atoms with van der Waals surface area (Å²) in [5, 5.41) is 14.5. The Morgan fingerprint density at radius 3 is 2.44 bits per heavy atom. The number of carbonyl (C=O) groups excluding carboxylic acids is 2. The zero-order valence-corrected chi connectivity index (χ0v) is 19.5. The summed E-state index contributed by atoms with van der Waals surface area (Å²) < 4.78 is 15.6. The number of nitrogens with zero attached hydrogens (tertiary/aromatic N) is 3. The Labute approximate surface area is 190 Å². The average molecular weight is 456 g/mol. The van der Waals surface area contributed by atoms with Gasteiger partial charge in [0.15, 0.2) is 11.0 Å². The number of halogens is 1. The van der Waals surface area contributed by atoms with Crippen LogP contribution in [0.25, 0.3) is 0 Å². The van der Waals surface area contributed by atoms with Crippen molar-refractivity contribution >= 4 is 29.3 Å². The number of anilines is 1. The second-order valence-electron chi connectivity index (χ2n) is 7.69. The molecule has 0 spiro atoms. The lowest BCUT2D eigenvalue weighted by Gasteiger charge is -2.14. The summed E-state index contributed by atoms with van der Waals surface area (Å²) in [5.41, 5.74) is 3.97. The maximum atomic E-state index is 13.8. The molecule has 0 saturated carbocycles. The van der Waals surface area contributed by atoms with E-state index >= 15 is 0 Å². The zero-order valence-electron chi connectivity index (χ0n) is 18.7. The van der Waals surface area contributed by atoms with E-state index in [1.807, 2.05) is 32.9 Å². The first-order chi connectivity index (χ1) is 15.2. The lowest BCUT2D eigenvalue weighted by Crippen LogP contribution is -2.29. The third-order valence-electron chi connectivity index (χ3n) is 5.00. The van der Waals surface area contributed by atoms with E-state index in [1.165, 1.54) is 30.0 Å². The van der Waals surface area contributed by atoms with Crippen molar-refractivity contribution in [2.45, 2.75) is 38.9 Å². The van der Waals surface area contributed by atoms with Gasteiger partial charge in [-0.05, 0) is 51.0 Å². The molecule has 1 aromatic heterocycles. The molecule has 32 heavy (non-hydrogen) atoms. The van der Waals surface area contributed by atoms with Crippen molar-refractivity contribution in [2.75, 3.05) is 11.1 Å². The highest BCUT2D eigenvalue weighted by Gasteiger charge is 2.20. The molecule has 168 valence electrons. The molecule has 0 saturated heterocycles. The zero-order chi connectivity index (χ0) is 23.4. The van der Waals surface area contributed by atoms with Crippen LogP contribution in [0.1, 0.15) is 45.8 Å². The first-order valence-electron chi connectivity index (χ1n) is 10.1.